The number of aryl methyl sites for hydroxylation is 2. The smallest absolute Gasteiger partial charge is 0.0900 e. The summed E-state index contributed by atoms with van der Waals surface area (Å²) in [4.78, 5) is 8.61. The van der Waals surface area contributed by atoms with E-state index in [4.69, 9.17) is 0 Å². The summed E-state index contributed by atoms with van der Waals surface area (Å²) < 4.78 is 0. The molecule has 0 spiro atoms. The van der Waals surface area contributed by atoms with Crippen LogP contribution in [0.3, 0.4) is 0 Å². The van der Waals surface area contributed by atoms with E-state index in [1.807, 2.05) is 11.3 Å². The average molecular weight is 267 g/mol. The minimum atomic E-state index is 0.511. The van der Waals surface area contributed by atoms with Gasteiger partial charge in [0.1, 0.15) is 0 Å². The Morgan fingerprint density at radius 2 is 2.17 bits per heavy atom. The van der Waals surface area contributed by atoms with E-state index in [9.17, 15) is 0 Å². The number of nitrogens with one attached hydrogen (secondary N) is 1. The third-order valence-electron chi connectivity index (χ3n) is 4.17. The number of hydrogen-bond acceptors (Lipinski definition) is 4. The van der Waals surface area contributed by atoms with Gasteiger partial charge in [-0.2, -0.15) is 0 Å². The molecule has 18 heavy (non-hydrogen) atoms. The molecular weight excluding hydrogens is 242 g/mol. The number of piperidine rings is 1. The standard InChI is InChI=1S/C14H25N3S/c1-9-8-17(7-6-13(9)15-5)11(3)14-10(2)16-12(4)18-14/h9,11,13,15H,6-8H2,1-5H3. The molecule has 1 N–H and O–H groups in total. The van der Waals surface area contributed by atoms with Gasteiger partial charge in [0.2, 0.25) is 0 Å². The molecule has 1 aliphatic heterocycles. The Morgan fingerprint density at radius 1 is 1.44 bits per heavy atom. The number of likely N-dealkylation sites (tertiary alicyclic amines) is 1. The third kappa shape index (κ3) is 2.76. The summed E-state index contributed by atoms with van der Waals surface area (Å²) in [6.07, 6.45) is 1.25. The average Bonchev–Trinajstić information content (AvgIpc) is 2.67. The number of hydrogen-bond donors (Lipinski definition) is 1. The maximum atomic E-state index is 4.56. The molecule has 0 amide bonds. The molecule has 3 atom stereocenters. The lowest BCUT2D eigenvalue weighted by Gasteiger charge is -2.39. The van der Waals surface area contributed by atoms with Gasteiger partial charge in [0, 0.05) is 30.1 Å². The van der Waals surface area contributed by atoms with E-state index in [1.165, 1.54) is 35.1 Å². The molecule has 0 bridgehead atoms. The van der Waals surface area contributed by atoms with Gasteiger partial charge >= 0.3 is 0 Å². The van der Waals surface area contributed by atoms with E-state index in [-0.39, 0.29) is 0 Å². The molecule has 3 nitrogen and oxygen atoms in total. The van der Waals surface area contributed by atoms with Gasteiger partial charge in [0.05, 0.1) is 10.7 Å². The zero-order valence-electron chi connectivity index (χ0n) is 12.2. The van der Waals surface area contributed by atoms with Crippen LogP contribution in [-0.4, -0.2) is 36.1 Å². The van der Waals surface area contributed by atoms with Crippen LogP contribution in [0.15, 0.2) is 0 Å². The van der Waals surface area contributed by atoms with Crippen molar-refractivity contribution in [3.05, 3.63) is 15.6 Å². The molecule has 1 saturated heterocycles. The second-order valence-electron chi connectivity index (χ2n) is 5.51. The zero-order chi connectivity index (χ0) is 13.3. The molecule has 1 fully saturated rings. The topological polar surface area (TPSA) is 28.2 Å². The van der Waals surface area contributed by atoms with Crippen LogP contribution in [-0.2, 0) is 0 Å². The zero-order valence-corrected chi connectivity index (χ0v) is 13.0. The molecule has 3 unspecified atom stereocenters. The van der Waals surface area contributed by atoms with Crippen molar-refractivity contribution in [1.82, 2.24) is 15.2 Å². The number of rotatable bonds is 3. The van der Waals surface area contributed by atoms with Gasteiger partial charge in [-0.05, 0) is 40.2 Å². The van der Waals surface area contributed by atoms with Gasteiger partial charge in [-0.15, -0.1) is 11.3 Å². The lowest BCUT2D eigenvalue weighted by molar-refractivity contribution is 0.115. The monoisotopic (exact) mass is 267 g/mol. The Labute approximate surface area is 115 Å². The van der Waals surface area contributed by atoms with Gasteiger partial charge in [-0.3, -0.25) is 4.90 Å². The van der Waals surface area contributed by atoms with Crippen molar-refractivity contribution in [3.8, 4) is 0 Å². The Hall–Kier alpha value is -0.450. The minimum Gasteiger partial charge on any atom is -0.317 e. The van der Waals surface area contributed by atoms with Crippen LogP contribution < -0.4 is 5.32 Å². The van der Waals surface area contributed by atoms with Gasteiger partial charge in [-0.25, -0.2) is 4.98 Å². The fourth-order valence-corrected chi connectivity index (χ4v) is 4.07. The molecule has 102 valence electrons. The molecule has 0 saturated carbocycles. The van der Waals surface area contributed by atoms with Crippen LogP contribution in [0.4, 0.5) is 0 Å². The van der Waals surface area contributed by atoms with Crippen molar-refractivity contribution in [2.24, 2.45) is 5.92 Å². The predicted octanol–water partition coefficient (Wildman–Crippen LogP) is 2.75. The third-order valence-corrected chi connectivity index (χ3v) is 5.42. The van der Waals surface area contributed by atoms with Crippen molar-refractivity contribution in [1.29, 1.82) is 0 Å². The quantitative estimate of drug-likeness (QED) is 0.913. The van der Waals surface area contributed by atoms with Crippen LogP contribution in [0.25, 0.3) is 0 Å². The van der Waals surface area contributed by atoms with Gasteiger partial charge in [0.25, 0.3) is 0 Å². The van der Waals surface area contributed by atoms with Crippen molar-refractivity contribution >= 4 is 11.3 Å². The van der Waals surface area contributed by atoms with Crippen LogP contribution >= 0.6 is 11.3 Å². The van der Waals surface area contributed by atoms with Crippen molar-refractivity contribution < 1.29 is 0 Å². The molecule has 0 aliphatic carbocycles. The van der Waals surface area contributed by atoms with Gasteiger partial charge in [0.15, 0.2) is 0 Å². The lowest BCUT2D eigenvalue weighted by atomic mass is 9.93. The first-order valence-corrected chi connectivity index (χ1v) is 7.69. The number of aromatic nitrogens is 1. The van der Waals surface area contributed by atoms with Gasteiger partial charge in [-0.1, -0.05) is 6.92 Å². The van der Waals surface area contributed by atoms with E-state index in [2.05, 4.69) is 49.9 Å². The largest absolute Gasteiger partial charge is 0.317 e. The first-order valence-electron chi connectivity index (χ1n) is 6.88. The van der Waals surface area contributed by atoms with Crippen molar-refractivity contribution in [3.63, 3.8) is 0 Å². The Kier molecular flexibility index (Phi) is 4.41. The van der Waals surface area contributed by atoms with E-state index >= 15 is 0 Å². The first-order chi connectivity index (χ1) is 8.52. The fourth-order valence-electron chi connectivity index (χ4n) is 3.06. The van der Waals surface area contributed by atoms with E-state index in [1.54, 1.807) is 0 Å². The highest BCUT2D eigenvalue weighted by molar-refractivity contribution is 7.11. The van der Waals surface area contributed by atoms with Crippen LogP contribution in [0.2, 0.25) is 0 Å². The normalized spacial score (nSPS) is 27.4. The maximum absolute atomic E-state index is 4.56. The predicted molar refractivity (Wildman–Crippen MR) is 78.2 cm³/mol. The molecular formula is C14H25N3S. The second-order valence-corrected chi connectivity index (χ2v) is 6.75. The van der Waals surface area contributed by atoms with Crippen molar-refractivity contribution in [2.75, 3.05) is 20.1 Å². The number of nitrogens with zero attached hydrogens (tertiary/aromatic N) is 2. The van der Waals surface area contributed by atoms with Crippen LogP contribution in [0, 0.1) is 19.8 Å². The summed E-state index contributed by atoms with van der Waals surface area (Å²) in [6.45, 7) is 11.3. The molecule has 1 aromatic heterocycles. The fraction of sp³-hybridized carbons (Fsp3) is 0.786. The highest BCUT2D eigenvalue weighted by Crippen LogP contribution is 2.31. The summed E-state index contributed by atoms with van der Waals surface area (Å²) in [5, 5.41) is 4.62. The molecule has 0 radical (unpaired) electrons. The Balaban J connectivity index is 2.06. The summed E-state index contributed by atoms with van der Waals surface area (Å²) in [5.74, 6) is 0.723. The first kappa shape index (κ1) is 14.0. The maximum Gasteiger partial charge on any atom is 0.0900 e. The molecule has 0 aromatic carbocycles. The Bertz CT molecular complexity index is 402. The highest BCUT2D eigenvalue weighted by Gasteiger charge is 2.29. The van der Waals surface area contributed by atoms with E-state index in [0.29, 0.717) is 12.1 Å². The molecule has 1 aliphatic rings. The van der Waals surface area contributed by atoms with Crippen LogP contribution in [0.5, 0.6) is 0 Å². The summed E-state index contributed by atoms with van der Waals surface area (Å²) in [5.41, 5.74) is 1.22. The lowest BCUT2D eigenvalue weighted by Crippen LogP contribution is -2.47. The molecule has 1 aromatic rings. The van der Waals surface area contributed by atoms with Gasteiger partial charge < -0.3 is 5.32 Å². The second kappa shape index (κ2) is 5.68. The number of thiazole rings is 1. The van der Waals surface area contributed by atoms with E-state index in [0.717, 1.165) is 5.92 Å². The summed E-state index contributed by atoms with van der Waals surface area (Å²) in [6, 6.07) is 1.19. The molecule has 2 heterocycles. The Morgan fingerprint density at radius 3 is 2.67 bits per heavy atom. The summed E-state index contributed by atoms with van der Waals surface area (Å²) in [7, 11) is 2.08. The molecule has 2 rings (SSSR count). The SMILES string of the molecule is CNC1CCN(C(C)c2sc(C)nc2C)CC1C. The van der Waals surface area contributed by atoms with E-state index < -0.39 is 0 Å². The van der Waals surface area contributed by atoms with Crippen LogP contribution in [0.1, 0.15) is 41.9 Å². The summed E-state index contributed by atoms with van der Waals surface area (Å²) >= 11 is 1.86. The minimum absolute atomic E-state index is 0.511. The molecule has 4 heteroatoms. The highest BCUT2D eigenvalue weighted by atomic mass is 32.1. The van der Waals surface area contributed by atoms with Crippen molar-refractivity contribution in [2.45, 2.75) is 46.2 Å².